The number of aryl methyl sites for hydroxylation is 1. The van der Waals surface area contributed by atoms with E-state index in [1.54, 1.807) is 41.0 Å². The largest absolute Gasteiger partial charge is 0.497 e. The van der Waals surface area contributed by atoms with Gasteiger partial charge in [0.05, 0.1) is 12.0 Å². The fourth-order valence-electron chi connectivity index (χ4n) is 2.48. The number of sulfonamides is 1. The normalized spacial score (nSPS) is 12.2. The molecule has 9 heteroatoms. The van der Waals surface area contributed by atoms with Gasteiger partial charge in [0.25, 0.3) is 5.91 Å². The van der Waals surface area contributed by atoms with Crippen LogP contribution in [-0.4, -0.2) is 26.0 Å². The highest BCUT2D eigenvalue weighted by Gasteiger charge is 2.11. The van der Waals surface area contributed by atoms with Gasteiger partial charge in [-0.1, -0.05) is 6.07 Å². The van der Waals surface area contributed by atoms with Crippen LogP contribution in [0.2, 0.25) is 0 Å². The number of carbonyl (C=O) groups is 1. The molecular formula is C18H17N3O4S2. The van der Waals surface area contributed by atoms with E-state index in [1.165, 1.54) is 30.6 Å². The lowest BCUT2D eigenvalue weighted by Gasteiger charge is -2.07. The van der Waals surface area contributed by atoms with Gasteiger partial charge < -0.3 is 4.74 Å². The second-order valence-corrected chi connectivity index (χ2v) is 8.08. The first-order chi connectivity index (χ1) is 12.8. The van der Waals surface area contributed by atoms with Crippen LogP contribution < -0.4 is 14.7 Å². The predicted octanol–water partition coefficient (Wildman–Crippen LogP) is 2.24. The summed E-state index contributed by atoms with van der Waals surface area (Å²) in [6.45, 7) is 1.87. The standard InChI is InChI=1S/C18H17N3O4S2/c1-12-11-26-18(20-17(22)13-4-3-5-15(10-13)25-2)21(12)14-6-8-16(9-7-14)27(19,23)24/h3-11H,1-2H3,(H2,19,23,24). The summed E-state index contributed by atoms with van der Waals surface area (Å²) in [5.74, 6) is 0.176. The third kappa shape index (κ3) is 4.16. The van der Waals surface area contributed by atoms with Crippen molar-refractivity contribution in [3.05, 3.63) is 70.0 Å². The number of hydrogen-bond acceptors (Lipinski definition) is 5. The molecule has 0 radical (unpaired) electrons. The fraction of sp³-hybridized carbons (Fsp3) is 0.111. The van der Waals surface area contributed by atoms with Crippen molar-refractivity contribution < 1.29 is 17.9 Å². The number of amides is 1. The Morgan fingerprint density at radius 3 is 2.52 bits per heavy atom. The fourth-order valence-corrected chi connectivity index (χ4v) is 3.86. The van der Waals surface area contributed by atoms with Gasteiger partial charge in [0.1, 0.15) is 5.75 Å². The zero-order valence-corrected chi connectivity index (χ0v) is 16.3. The van der Waals surface area contributed by atoms with Crippen molar-refractivity contribution in [2.75, 3.05) is 7.11 Å². The number of rotatable bonds is 4. The van der Waals surface area contributed by atoms with E-state index in [-0.39, 0.29) is 4.90 Å². The molecule has 0 aliphatic carbocycles. The summed E-state index contributed by atoms with van der Waals surface area (Å²) in [4.78, 5) is 17.2. The molecule has 3 rings (SSSR count). The van der Waals surface area contributed by atoms with E-state index >= 15 is 0 Å². The molecule has 3 aromatic rings. The highest BCUT2D eigenvalue weighted by molar-refractivity contribution is 7.89. The van der Waals surface area contributed by atoms with Gasteiger partial charge in [-0.25, -0.2) is 13.6 Å². The molecule has 1 amide bonds. The Morgan fingerprint density at radius 1 is 1.19 bits per heavy atom. The summed E-state index contributed by atoms with van der Waals surface area (Å²) < 4.78 is 29.7. The van der Waals surface area contributed by atoms with Crippen molar-refractivity contribution in [1.82, 2.24) is 4.57 Å². The van der Waals surface area contributed by atoms with Crippen molar-refractivity contribution >= 4 is 27.3 Å². The summed E-state index contributed by atoms with van der Waals surface area (Å²) in [7, 11) is -2.24. The lowest BCUT2D eigenvalue weighted by Crippen LogP contribution is -2.17. The quantitative estimate of drug-likeness (QED) is 0.721. The molecule has 0 aliphatic rings. The zero-order chi connectivity index (χ0) is 19.6. The van der Waals surface area contributed by atoms with Gasteiger partial charge in [-0.05, 0) is 49.4 Å². The van der Waals surface area contributed by atoms with Gasteiger partial charge in [-0.3, -0.25) is 9.36 Å². The first kappa shape index (κ1) is 19.0. The van der Waals surface area contributed by atoms with Crippen LogP contribution in [0.3, 0.4) is 0 Å². The molecule has 7 nitrogen and oxygen atoms in total. The van der Waals surface area contributed by atoms with Crippen LogP contribution in [0, 0.1) is 6.92 Å². The number of primary sulfonamides is 1. The number of carbonyl (C=O) groups excluding carboxylic acids is 1. The highest BCUT2D eigenvalue weighted by atomic mass is 32.2. The van der Waals surface area contributed by atoms with Crippen molar-refractivity contribution in [2.45, 2.75) is 11.8 Å². The maximum absolute atomic E-state index is 12.5. The third-order valence-electron chi connectivity index (χ3n) is 3.82. The van der Waals surface area contributed by atoms with E-state index in [9.17, 15) is 13.2 Å². The van der Waals surface area contributed by atoms with Crippen LogP contribution in [0.25, 0.3) is 5.69 Å². The number of methoxy groups -OCH3 is 1. The number of thiazole rings is 1. The number of aromatic nitrogens is 1. The predicted molar refractivity (Wildman–Crippen MR) is 103 cm³/mol. The molecule has 140 valence electrons. The molecule has 0 saturated heterocycles. The molecule has 27 heavy (non-hydrogen) atoms. The summed E-state index contributed by atoms with van der Waals surface area (Å²) in [5, 5.41) is 7.00. The van der Waals surface area contributed by atoms with Crippen LogP contribution in [0.15, 0.2) is 63.8 Å². The molecule has 2 aromatic carbocycles. The molecule has 0 bridgehead atoms. The van der Waals surface area contributed by atoms with Gasteiger partial charge in [0, 0.05) is 22.3 Å². The van der Waals surface area contributed by atoms with Crippen LogP contribution in [0.5, 0.6) is 5.75 Å². The smallest absolute Gasteiger partial charge is 0.279 e. The molecule has 0 spiro atoms. The van der Waals surface area contributed by atoms with E-state index in [0.717, 1.165) is 5.69 Å². The summed E-state index contributed by atoms with van der Waals surface area (Å²) >= 11 is 1.31. The Balaban J connectivity index is 2.04. The lowest BCUT2D eigenvalue weighted by molar-refractivity contribution is 0.0997. The number of nitrogens with zero attached hydrogens (tertiary/aromatic N) is 2. The van der Waals surface area contributed by atoms with Crippen LogP contribution in [0.4, 0.5) is 0 Å². The minimum atomic E-state index is -3.77. The minimum Gasteiger partial charge on any atom is -0.497 e. The zero-order valence-electron chi connectivity index (χ0n) is 14.6. The Hall–Kier alpha value is -2.75. The Labute approximate surface area is 160 Å². The van der Waals surface area contributed by atoms with Crippen molar-refractivity contribution in [1.29, 1.82) is 0 Å². The maximum atomic E-state index is 12.5. The van der Waals surface area contributed by atoms with Gasteiger partial charge >= 0.3 is 0 Å². The Morgan fingerprint density at radius 2 is 1.89 bits per heavy atom. The Bertz CT molecular complexity index is 1160. The minimum absolute atomic E-state index is 0.0191. The van der Waals surface area contributed by atoms with E-state index in [2.05, 4.69) is 4.99 Å². The van der Waals surface area contributed by atoms with Crippen LogP contribution >= 0.6 is 11.3 Å². The van der Waals surface area contributed by atoms with Gasteiger partial charge in [-0.15, -0.1) is 11.3 Å². The number of benzene rings is 2. The maximum Gasteiger partial charge on any atom is 0.279 e. The average molecular weight is 403 g/mol. The van der Waals surface area contributed by atoms with E-state index < -0.39 is 15.9 Å². The SMILES string of the molecule is COc1cccc(C(=O)N=c2scc(C)n2-c2ccc(S(N)(=O)=O)cc2)c1. The van der Waals surface area contributed by atoms with Gasteiger partial charge in [0.15, 0.2) is 4.80 Å². The number of ether oxygens (including phenoxy) is 1. The first-order valence-corrected chi connectivity index (χ1v) is 10.3. The second-order valence-electron chi connectivity index (χ2n) is 5.68. The molecule has 0 unspecified atom stereocenters. The lowest BCUT2D eigenvalue weighted by atomic mass is 10.2. The van der Waals surface area contributed by atoms with E-state index in [1.807, 2.05) is 12.3 Å². The van der Waals surface area contributed by atoms with Crippen molar-refractivity contribution in [3.63, 3.8) is 0 Å². The number of hydrogen-bond donors (Lipinski definition) is 1. The summed E-state index contributed by atoms with van der Waals surface area (Å²) in [5.41, 5.74) is 1.95. The van der Waals surface area contributed by atoms with Crippen molar-refractivity contribution in [3.8, 4) is 11.4 Å². The van der Waals surface area contributed by atoms with Crippen LogP contribution in [0.1, 0.15) is 16.1 Å². The monoisotopic (exact) mass is 403 g/mol. The van der Waals surface area contributed by atoms with E-state index in [0.29, 0.717) is 21.8 Å². The molecule has 0 aliphatic heterocycles. The topological polar surface area (TPSA) is 104 Å². The molecule has 0 saturated carbocycles. The summed E-state index contributed by atoms with van der Waals surface area (Å²) in [6, 6.07) is 12.8. The molecule has 1 heterocycles. The summed E-state index contributed by atoms with van der Waals surface area (Å²) in [6.07, 6.45) is 0. The second kappa shape index (κ2) is 7.47. The first-order valence-electron chi connectivity index (χ1n) is 7.83. The highest BCUT2D eigenvalue weighted by Crippen LogP contribution is 2.16. The molecule has 0 atom stereocenters. The Kier molecular flexibility index (Phi) is 5.26. The third-order valence-corrected chi connectivity index (χ3v) is 5.69. The molecule has 0 fully saturated rings. The van der Waals surface area contributed by atoms with Gasteiger partial charge in [0.2, 0.25) is 10.0 Å². The average Bonchev–Trinajstić information content (AvgIpc) is 3.01. The molecule has 2 N–H and O–H groups in total. The number of nitrogens with two attached hydrogens (primary N) is 1. The molecular weight excluding hydrogens is 386 g/mol. The van der Waals surface area contributed by atoms with E-state index in [4.69, 9.17) is 9.88 Å². The van der Waals surface area contributed by atoms with Crippen molar-refractivity contribution in [2.24, 2.45) is 10.1 Å². The van der Waals surface area contributed by atoms with Crippen LogP contribution in [-0.2, 0) is 10.0 Å². The van der Waals surface area contributed by atoms with Gasteiger partial charge in [-0.2, -0.15) is 4.99 Å². The molecule has 1 aromatic heterocycles.